The van der Waals surface area contributed by atoms with Crippen LogP contribution < -0.4 is 14.0 Å². The second-order valence-corrected chi connectivity index (χ2v) is 11.3. The predicted octanol–water partition coefficient (Wildman–Crippen LogP) is 8.14. The van der Waals surface area contributed by atoms with Crippen molar-refractivity contribution >= 4 is 30.2 Å². The van der Waals surface area contributed by atoms with Crippen LogP contribution in [0.1, 0.15) is 52.7 Å². The van der Waals surface area contributed by atoms with Crippen molar-refractivity contribution < 1.29 is 22.4 Å². The first-order chi connectivity index (χ1) is 16.0. The zero-order chi connectivity index (χ0) is 24.7. The molecule has 0 fully saturated rings. The van der Waals surface area contributed by atoms with Crippen molar-refractivity contribution in [3.8, 4) is 17.2 Å². The molecule has 0 unspecified atom stereocenters. The maximum absolute atomic E-state index is 6.54. The summed E-state index contributed by atoms with van der Waals surface area (Å²) in [7, 11) is 1.52. The molecule has 34 heavy (non-hydrogen) atoms. The summed E-state index contributed by atoms with van der Waals surface area (Å²) in [6.45, 7) is 12.9. The first kappa shape index (κ1) is 24.0. The molecule has 0 saturated heterocycles. The highest BCUT2D eigenvalue weighted by atomic mass is 31.1. The highest BCUT2D eigenvalue weighted by Crippen LogP contribution is 2.45. The van der Waals surface area contributed by atoms with Crippen LogP contribution in [0.25, 0.3) is 21.9 Å². The molecule has 0 spiro atoms. The second kappa shape index (κ2) is 8.92. The maximum Gasteiger partial charge on any atom is 0.453 e. The van der Waals surface area contributed by atoms with Crippen LogP contribution in [0.15, 0.2) is 57.2 Å². The predicted molar refractivity (Wildman–Crippen MR) is 137 cm³/mol. The van der Waals surface area contributed by atoms with Crippen LogP contribution in [0, 0.1) is 0 Å². The summed E-state index contributed by atoms with van der Waals surface area (Å²) in [5.41, 5.74) is 3.00. The fraction of sp³-hybridized carbons (Fsp3) is 0.370. The Hall–Kier alpha value is -3.11. The van der Waals surface area contributed by atoms with Crippen LogP contribution >= 0.6 is 8.24 Å². The molecule has 2 aromatic heterocycles. The Labute approximate surface area is 201 Å². The van der Waals surface area contributed by atoms with Crippen molar-refractivity contribution in [2.24, 2.45) is 0 Å². The molecule has 0 bridgehead atoms. The van der Waals surface area contributed by atoms with Crippen molar-refractivity contribution in [1.82, 2.24) is 4.98 Å². The summed E-state index contributed by atoms with van der Waals surface area (Å²) in [5, 5.41) is 1.76. The van der Waals surface area contributed by atoms with E-state index in [0.29, 0.717) is 5.75 Å². The summed E-state index contributed by atoms with van der Waals surface area (Å²) in [4.78, 5) is 4.16. The normalized spacial score (nSPS) is 12.1. The van der Waals surface area contributed by atoms with Gasteiger partial charge in [-0.2, -0.15) is 0 Å². The third-order valence-corrected chi connectivity index (χ3v) is 6.67. The molecular weight excluding hydrogens is 449 g/mol. The van der Waals surface area contributed by atoms with Gasteiger partial charge in [0, 0.05) is 28.1 Å². The van der Waals surface area contributed by atoms with Crippen molar-refractivity contribution in [3.05, 3.63) is 59.9 Å². The third-order valence-electron chi connectivity index (χ3n) is 5.65. The quantitative estimate of drug-likeness (QED) is 0.293. The van der Waals surface area contributed by atoms with Gasteiger partial charge < -0.3 is 22.4 Å². The number of hydrogen-bond acceptors (Lipinski definition) is 6. The summed E-state index contributed by atoms with van der Waals surface area (Å²) in [5.74, 6) is 2.07. The molecule has 0 aliphatic rings. The molecule has 2 heterocycles. The molecule has 0 N–H and O–H groups in total. The Morgan fingerprint density at radius 3 is 1.62 bits per heavy atom. The average molecular weight is 482 g/mol. The van der Waals surface area contributed by atoms with Crippen LogP contribution in [-0.4, -0.2) is 19.2 Å². The highest BCUT2D eigenvalue weighted by molar-refractivity contribution is 7.32. The molecule has 4 aromatic rings. The van der Waals surface area contributed by atoms with Gasteiger partial charge in [0.2, 0.25) is 0 Å². The number of methoxy groups -OCH3 is 2. The molecule has 4 rings (SSSR count). The molecule has 0 aliphatic carbocycles. The molecular formula is C27H32NO5P. The first-order valence-electron chi connectivity index (χ1n) is 11.2. The van der Waals surface area contributed by atoms with E-state index >= 15 is 0 Å². The standard InChI is InChI=1S/C27H32NO5P/c1-26(2,3)22-14-18(29-7)12-20-21-13-19(30-8)15-23(27(4,5)6)25(21)33-34(32-24(20)22)31-17-10-9-11-28-16-17/h9-16H,1-8H3. The van der Waals surface area contributed by atoms with E-state index in [1.165, 1.54) is 0 Å². The number of rotatable bonds is 4. The average Bonchev–Trinajstić information content (AvgIpc) is 2.93. The molecule has 0 amide bonds. The van der Waals surface area contributed by atoms with Gasteiger partial charge in [-0.05, 0) is 47.2 Å². The maximum atomic E-state index is 6.54. The largest absolute Gasteiger partial charge is 0.497 e. The van der Waals surface area contributed by atoms with Gasteiger partial charge in [0.15, 0.2) is 5.75 Å². The van der Waals surface area contributed by atoms with Crippen molar-refractivity contribution in [2.45, 2.75) is 52.4 Å². The van der Waals surface area contributed by atoms with Gasteiger partial charge in [0.25, 0.3) is 0 Å². The van der Waals surface area contributed by atoms with Gasteiger partial charge in [0.1, 0.15) is 22.7 Å². The summed E-state index contributed by atoms with van der Waals surface area (Å²) in [6, 6.07) is 11.7. The van der Waals surface area contributed by atoms with Crippen molar-refractivity contribution in [1.29, 1.82) is 0 Å². The van der Waals surface area contributed by atoms with Crippen LogP contribution in [0.4, 0.5) is 0 Å². The zero-order valence-electron chi connectivity index (χ0n) is 21.1. The number of hydrogen-bond donors (Lipinski definition) is 0. The van der Waals surface area contributed by atoms with E-state index in [4.69, 9.17) is 22.4 Å². The van der Waals surface area contributed by atoms with Gasteiger partial charge >= 0.3 is 8.24 Å². The molecule has 2 aromatic carbocycles. The van der Waals surface area contributed by atoms with Gasteiger partial charge in [-0.3, -0.25) is 4.98 Å². The molecule has 0 aliphatic heterocycles. The summed E-state index contributed by atoms with van der Waals surface area (Å²) < 4.78 is 30.6. The number of pyridine rings is 1. The lowest BCUT2D eigenvalue weighted by molar-refractivity contribution is 0.413. The lowest BCUT2D eigenvalue weighted by Crippen LogP contribution is -2.12. The third kappa shape index (κ3) is 4.74. The van der Waals surface area contributed by atoms with Gasteiger partial charge in [0.05, 0.1) is 20.4 Å². The van der Waals surface area contributed by atoms with E-state index in [0.717, 1.165) is 44.6 Å². The van der Waals surface area contributed by atoms with E-state index in [2.05, 4.69) is 46.5 Å². The van der Waals surface area contributed by atoms with Gasteiger partial charge in [-0.15, -0.1) is 0 Å². The molecule has 0 saturated carbocycles. The Morgan fingerprint density at radius 1 is 0.735 bits per heavy atom. The smallest absolute Gasteiger partial charge is 0.453 e. The van der Waals surface area contributed by atoms with E-state index in [1.807, 2.05) is 36.4 Å². The Bertz CT molecular complexity index is 1280. The molecule has 6 nitrogen and oxygen atoms in total. The summed E-state index contributed by atoms with van der Waals surface area (Å²) >= 11 is 0. The number of nitrogens with zero attached hydrogens (tertiary/aromatic N) is 1. The molecule has 0 radical (unpaired) electrons. The monoisotopic (exact) mass is 481 g/mol. The minimum atomic E-state index is -1.82. The molecule has 180 valence electrons. The van der Waals surface area contributed by atoms with Crippen LogP contribution in [0.5, 0.6) is 17.2 Å². The zero-order valence-corrected chi connectivity index (χ0v) is 21.9. The van der Waals surface area contributed by atoms with E-state index in [9.17, 15) is 0 Å². The second-order valence-electron chi connectivity index (χ2n) is 10.3. The summed E-state index contributed by atoms with van der Waals surface area (Å²) in [6.07, 6.45) is 3.35. The lowest BCUT2D eigenvalue weighted by atomic mass is 9.84. The number of ether oxygens (including phenoxy) is 2. The number of aromatic nitrogens is 1. The van der Waals surface area contributed by atoms with E-state index in [-0.39, 0.29) is 10.8 Å². The van der Waals surface area contributed by atoms with Crippen molar-refractivity contribution in [2.75, 3.05) is 14.2 Å². The number of benzene rings is 2. The Kier molecular flexibility index (Phi) is 6.30. The van der Waals surface area contributed by atoms with E-state index in [1.54, 1.807) is 26.6 Å². The van der Waals surface area contributed by atoms with Crippen LogP contribution in [0.3, 0.4) is 0 Å². The topological polar surface area (TPSA) is 66.9 Å². The minimum absolute atomic E-state index is 0.218. The SMILES string of the molecule is COc1cc(C(C)(C)C)c2op(Oc3cccnc3)oc3c(C(C)(C)C)cc(OC)cc3c2c1. The molecule has 0 atom stereocenters. The molecule has 7 heteroatoms. The first-order valence-corrected chi connectivity index (χ1v) is 12.3. The highest BCUT2D eigenvalue weighted by Gasteiger charge is 2.26. The Morgan fingerprint density at radius 2 is 1.24 bits per heavy atom. The van der Waals surface area contributed by atoms with Gasteiger partial charge in [-0.1, -0.05) is 41.5 Å². The van der Waals surface area contributed by atoms with Crippen LogP contribution in [0.2, 0.25) is 0 Å². The van der Waals surface area contributed by atoms with Gasteiger partial charge in [-0.25, -0.2) is 0 Å². The lowest BCUT2D eigenvalue weighted by Gasteiger charge is -2.21. The minimum Gasteiger partial charge on any atom is -0.497 e. The Balaban J connectivity index is 2.23. The van der Waals surface area contributed by atoms with Crippen molar-refractivity contribution in [3.63, 3.8) is 0 Å². The van der Waals surface area contributed by atoms with E-state index < -0.39 is 8.24 Å². The fourth-order valence-electron chi connectivity index (χ4n) is 3.84. The van der Waals surface area contributed by atoms with Crippen LogP contribution in [-0.2, 0) is 10.8 Å². The number of fused-ring (bicyclic) bond motifs is 3. The fourth-order valence-corrected chi connectivity index (χ4v) is 4.93.